The van der Waals surface area contributed by atoms with Crippen LogP contribution < -0.4 is 15.6 Å². The van der Waals surface area contributed by atoms with Gasteiger partial charge in [0.15, 0.2) is 15.9 Å². The van der Waals surface area contributed by atoms with E-state index in [1.54, 1.807) is 31.4 Å². The van der Waals surface area contributed by atoms with Crippen LogP contribution in [0.3, 0.4) is 0 Å². The van der Waals surface area contributed by atoms with Crippen molar-refractivity contribution >= 4 is 38.8 Å². The number of benzene rings is 1. The number of carbonyl (C=O) groups is 1. The summed E-state index contributed by atoms with van der Waals surface area (Å²) in [6.45, 7) is 3.13. The Morgan fingerprint density at radius 1 is 1.22 bits per heavy atom. The minimum Gasteiger partial charge on any atom is -0.497 e. The van der Waals surface area contributed by atoms with E-state index in [0.29, 0.717) is 58.3 Å². The molecule has 3 aromatic heterocycles. The van der Waals surface area contributed by atoms with Crippen LogP contribution in [0.4, 0.5) is 0 Å². The first-order valence-electron chi connectivity index (χ1n) is 10.5. The second-order valence-corrected chi connectivity index (χ2v) is 8.13. The van der Waals surface area contributed by atoms with Gasteiger partial charge in [0, 0.05) is 25.1 Å². The summed E-state index contributed by atoms with van der Waals surface area (Å²) in [6.07, 6.45) is 3.43. The number of hydrogen-bond donors (Lipinski definition) is 2. The number of imidazole rings is 1. The Kier molecular flexibility index (Phi) is 6.54. The molecule has 0 aliphatic heterocycles. The van der Waals surface area contributed by atoms with Gasteiger partial charge in [-0.3, -0.25) is 14.2 Å². The fourth-order valence-electron chi connectivity index (χ4n) is 3.60. The molecule has 2 N–H and O–H groups in total. The number of unbranched alkanes of at least 4 members (excludes halogenated alkanes) is 2. The molecule has 4 aromatic rings. The topological polar surface area (TPSA) is 119 Å². The number of aromatic amines is 1. The van der Waals surface area contributed by atoms with Crippen molar-refractivity contribution in [2.45, 2.75) is 39.2 Å². The molecule has 0 unspecified atom stereocenters. The van der Waals surface area contributed by atoms with Crippen LogP contribution in [0.1, 0.15) is 42.4 Å². The smallest absolute Gasteiger partial charge is 0.286 e. The third-order valence-corrected chi connectivity index (χ3v) is 5.63. The molecule has 1 amide bonds. The van der Waals surface area contributed by atoms with E-state index in [2.05, 4.69) is 48.3 Å². The summed E-state index contributed by atoms with van der Waals surface area (Å²) in [7, 11) is 1.57. The lowest BCUT2D eigenvalue weighted by Crippen LogP contribution is -2.27. The number of hydrogen-bond acceptors (Lipinski definition) is 6. The van der Waals surface area contributed by atoms with E-state index in [9.17, 15) is 9.59 Å². The number of fused-ring (bicyclic) bond motifs is 2. The lowest BCUT2D eigenvalue weighted by atomic mass is 10.2. The minimum atomic E-state index is -0.263. The predicted molar refractivity (Wildman–Crippen MR) is 123 cm³/mol. The number of aryl methyl sites for hydroxylation is 1. The summed E-state index contributed by atoms with van der Waals surface area (Å²) in [5.41, 5.74) is 1.21. The lowest BCUT2D eigenvalue weighted by Gasteiger charge is -2.09. The molecule has 0 spiro atoms. The molecule has 1 aromatic carbocycles. The van der Waals surface area contributed by atoms with E-state index in [-0.39, 0.29) is 11.5 Å². The third-order valence-electron chi connectivity index (χ3n) is 5.25. The maximum atomic E-state index is 13.1. The standard InChI is InChI=1S/C21H24BrN7O3/c1-3-4-5-12-28-17-16(24-20(22)25-17)19(31)29-15(26-27-21(28)29)10-11-23-18(30)13-6-8-14(32-2)9-7-13/h6-9H,3-5,10-12H2,1-2H3,(H,23,30)(H,24,25). The van der Waals surface area contributed by atoms with Crippen LogP contribution in [0.2, 0.25) is 0 Å². The van der Waals surface area contributed by atoms with Crippen molar-refractivity contribution in [3.63, 3.8) is 0 Å². The molecular formula is C21H24BrN7O3. The number of H-pyrrole nitrogens is 1. The quantitative estimate of drug-likeness (QED) is 0.268. The minimum absolute atomic E-state index is 0.210. The second kappa shape index (κ2) is 9.51. The summed E-state index contributed by atoms with van der Waals surface area (Å²) in [4.78, 5) is 32.9. The molecule has 0 bridgehead atoms. The first-order chi connectivity index (χ1) is 15.5. The molecule has 0 fully saturated rings. The van der Waals surface area contributed by atoms with Crippen LogP contribution in [0, 0.1) is 0 Å². The Balaban J connectivity index is 1.58. The van der Waals surface area contributed by atoms with Crippen LogP contribution in [0.15, 0.2) is 33.8 Å². The largest absolute Gasteiger partial charge is 0.497 e. The summed E-state index contributed by atoms with van der Waals surface area (Å²) in [6, 6.07) is 6.86. The fourth-order valence-corrected chi connectivity index (χ4v) is 3.96. The van der Waals surface area contributed by atoms with Crippen molar-refractivity contribution in [3.05, 3.63) is 50.7 Å². The summed E-state index contributed by atoms with van der Waals surface area (Å²) in [5, 5.41) is 11.4. The molecule has 32 heavy (non-hydrogen) atoms. The maximum Gasteiger partial charge on any atom is 0.286 e. The molecule has 0 aliphatic rings. The zero-order valence-corrected chi connectivity index (χ0v) is 19.5. The number of amides is 1. The van der Waals surface area contributed by atoms with Gasteiger partial charge in [-0.1, -0.05) is 19.8 Å². The Labute approximate surface area is 192 Å². The average Bonchev–Trinajstić information content (AvgIpc) is 3.40. The fraction of sp³-hybridized carbons (Fsp3) is 0.381. The molecule has 10 nitrogen and oxygen atoms in total. The van der Waals surface area contributed by atoms with Gasteiger partial charge < -0.3 is 15.0 Å². The Bertz CT molecular complexity index is 1310. The van der Waals surface area contributed by atoms with Gasteiger partial charge in [0.25, 0.3) is 11.5 Å². The third kappa shape index (κ3) is 4.24. The van der Waals surface area contributed by atoms with E-state index >= 15 is 0 Å². The monoisotopic (exact) mass is 501 g/mol. The Morgan fingerprint density at radius 3 is 2.72 bits per heavy atom. The van der Waals surface area contributed by atoms with E-state index in [1.807, 2.05) is 4.57 Å². The van der Waals surface area contributed by atoms with Crippen molar-refractivity contribution in [1.29, 1.82) is 0 Å². The van der Waals surface area contributed by atoms with Crippen molar-refractivity contribution in [3.8, 4) is 5.75 Å². The first-order valence-corrected chi connectivity index (χ1v) is 11.3. The normalized spacial score (nSPS) is 11.3. The van der Waals surface area contributed by atoms with E-state index < -0.39 is 0 Å². The van der Waals surface area contributed by atoms with Gasteiger partial charge in [0.2, 0.25) is 5.78 Å². The average molecular weight is 502 g/mol. The van der Waals surface area contributed by atoms with Crippen molar-refractivity contribution < 1.29 is 9.53 Å². The first kappa shape index (κ1) is 22.0. The van der Waals surface area contributed by atoms with Crippen molar-refractivity contribution in [1.82, 2.24) is 34.4 Å². The van der Waals surface area contributed by atoms with Gasteiger partial charge in [-0.2, -0.15) is 0 Å². The van der Waals surface area contributed by atoms with Gasteiger partial charge in [-0.15, -0.1) is 10.2 Å². The van der Waals surface area contributed by atoms with Crippen LogP contribution in [0.5, 0.6) is 5.75 Å². The number of halogens is 1. The molecule has 3 heterocycles. The molecule has 0 saturated carbocycles. The second-order valence-electron chi connectivity index (χ2n) is 7.38. The molecule has 0 atom stereocenters. The predicted octanol–water partition coefficient (Wildman–Crippen LogP) is 2.70. The number of aromatic nitrogens is 6. The Hall–Kier alpha value is -3.21. The molecule has 11 heteroatoms. The van der Waals surface area contributed by atoms with Gasteiger partial charge in [-0.05, 0) is 46.6 Å². The maximum absolute atomic E-state index is 13.1. The van der Waals surface area contributed by atoms with E-state index in [0.717, 1.165) is 19.3 Å². The number of carbonyl (C=O) groups excluding carboxylic acids is 1. The lowest BCUT2D eigenvalue weighted by molar-refractivity contribution is 0.0954. The van der Waals surface area contributed by atoms with Crippen LogP contribution in [-0.2, 0) is 13.0 Å². The van der Waals surface area contributed by atoms with Gasteiger partial charge >= 0.3 is 0 Å². The highest BCUT2D eigenvalue weighted by atomic mass is 79.9. The zero-order valence-electron chi connectivity index (χ0n) is 17.9. The summed E-state index contributed by atoms with van der Waals surface area (Å²) >= 11 is 3.32. The molecule has 0 aliphatic carbocycles. The van der Waals surface area contributed by atoms with Crippen LogP contribution >= 0.6 is 15.9 Å². The highest BCUT2D eigenvalue weighted by molar-refractivity contribution is 9.10. The van der Waals surface area contributed by atoms with Crippen molar-refractivity contribution in [2.24, 2.45) is 0 Å². The highest BCUT2D eigenvalue weighted by Crippen LogP contribution is 2.17. The van der Waals surface area contributed by atoms with Crippen LogP contribution in [0.25, 0.3) is 16.9 Å². The van der Waals surface area contributed by atoms with E-state index in [1.165, 1.54) is 4.40 Å². The van der Waals surface area contributed by atoms with Crippen LogP contribution in [-0.4, -0.2) is 48.7 Å². The SMILES string of the molecule is CCCCCn1c2nc(Br)[nH]c2c(=O)n2c(CCNC(=O)c3ccc(OC)cc3)nnc12. The van der Waals surface area contributed by atoms with Gasteiger partial charge in [-0.25, -0.2) is 9.38 Å². The van der Waals surface area contributed by atoms with Gasteiger partial charge in [0.05, 0.1) is 7.11 Å². The zero-order chi connectivity index (χ0) is 22.7. The number of methoxy groups -OCH3 is 1. The summed E-state index contributed by atoms with van der Waals surface area (Å²) in [5.74, 6) is 1.41. The van der Waals surface area contributed by atoms with Crippen molar-refractivity contribution in [2.75, 3.05) is 13.7 Å². The number of rotatable bonds is 9. The van der Waals surface area contributed by atoms with Gasteiger partial charge in [0.1, 0.15) is 11.6 Å². The number of nitrogens with one attached hydrogen (secondary N) is 2. The van der Waals surface area contributed by atoms with E-state index in [4.69, 9.17) is 4.74 Å². The summed E-state index contributed by atoms with van der Waals surface area (Å²) < 4.78 is 9.02. The number of ether oxygens (including phenoxy) is 1. The highest BCUT2D eigenvalue weighted by Gasteiger charge is 2.19. The molecule has 0 radical (unpaired) electrons. The molecule has 0 saturated heterocycles. The molecule has 4 rings (SSSR count). The Morgan fingerprint density at radius 2 is 2.00 bits per heavy atom. The number of nitrogens with zero attached hydrogens (tertiary/aromatic N) is 5. The molecular weight excluding hydrogens is 478 g/mol. The molecule has 168 valence electrons.